The van der Waals surface area contributed by atoms with Crippen molar-refractivity contribution in [3.8, 4) is 6.07 Å². The second-order valence-corrected chi connectivity index (χ2v) is 5.23. The van der Waals surface area contributed by atoms with Gasteiger partial charge in [0, 0.05) is 17.2 Å². The number of hydrogen-bond acceptors (Lipinski definition) is 4. The number of nitriles is 1. The van der Waals surface area contributed by atoms with Crippen LogP contribution in [0.25, 0.3) is 0 Å². The third-order valence-corrected chi connectivity index (χ3v) is 3.16. The quantitative estimate of drug-likeness (QED) is 0.794. The molecule has 0 atom stereocenters. The first-order valence-electron chi connectivity index (χ1n) is 3.77. The maximum atomic E-state index is 13.1. The third kappa shape index (κ3) is 2.45. The van der Waals surface area contributed by atoms with Gasteiger partial charge in [-0.2, -0.15) is 5.26 Å². The molecule has 0 fully saturated rings. The normalized spacial score (nSPS) is 11.1. The molecule has 1 aromatic rings. The summed E-state index contributed by atoms with van der Waals surface area (Å²) in [5.41, 5.74) is 4.90. The molecule has 80 valence electrons. The Morgan fingerprint density at radius 1 is 1.53 bits per heavy atom. The van der Waals surface area contributed by atoms with Gasteiger partial charge in [-0.05, 0) is 17.7 Å². The standard InChI is InChI=1S/C8H6ClFN2O2S/c9-15(13,14)8-2-5(3-11)7(10)1-6(8)4-12/h1-2H,4,12H2. The average Bonchev–Trinajstić information content (AvgIpc) is 2.15. The Balaban J connectivity index is 3.59. The summed E-state index contributed by atoms with van der Waals surface area (Å²) in [6.45, 7) is -0.177. The van der Waals surface area contributed by atoms with Crippen LogP contribution in [0.2, 0.25) is 0 Å². The Morgan fingerprint density at radius 2 is 2.13 bits per heavy atom. The second-order valence-electron chi connectivity index (χ2n) is 2.69. The summed E-state index contributed by atoms with van der Waals surface area (Å²) in [5.74, 6) is -0.818. The van der Waals surface area contributed by atoms with E-state index in [4.69, 9.17) is 21.7 Å². The first-order chi connectivity index (χ1) is 6.90. The predicted octanol–water partition coefficient (Wildman–Crippen LogP) is 1.08. The van der Waals surface area contributed by atoms with E-state index in [9.17, 15) is 12.8 Å². The van der Waals surface area contributed by atoms with E-state index in [0.717, 1.165) is 12.1 Å². The number of halogens is 2. The summed E-state index contributed by atoms with van der Waals surface area (Å²) in [4.78, 5) is -0.329. The van der Waals surface area contributed by atoms with Crippen molar-refractivity contribution in [2.24, 2.45) is 5.73 Å². The molecule has 1 aromatic carbocycles. The first-order valence-corrected chi connectivity index (χ1v) is 6.08. The zero-order valence-electron chi connectivity index (χ0n) is 7.37. The fourth-order valence-electron chi connectivity index (χ4n) is 1.07. The van der Waals surface area contributed by atoms with Crippen molar-refractivity contribution in [1.82, 2.24) is 0 Å². The van der Waals surface area contributed by atoms with Crippen molar-refractivity contribution in [3.63, 3.8) is 0 Å². The predicted molar refractivity (Wildman–Crippen MR) is 52.0 cm³/mol. The lowest BCUT2D eigenvalue weighted by Crippen LogP contribution is -2.05. The van der Waals surface area contributed by atoms with Crippen LogP contribution >= 0.6 is 10.7 Å². The van der Waals surface area contributed by atoms with Crippen LogP contribution in [0.5, 0.6) is 0 Å². The molecule has 0 aromatic heterocycles. The molecule has 1 rings (SSSR count). The van der Waals surface area contributed by atoms with Crippen LogP contribution in [0.4, 0.5) is 4.39 Å². The van der Waals surface area contributed by atoms with Gasteiger partial charge >= 0.3 is 0 Å². The van der Waals surface area contributed by atoms with E-state index in [2.05, 4.69) is 0 Å². The van der Waals surface area contributed by atoms with Crippen LogP contribution in [-0.4, -0.2) is 8.42 Å². The minimum absolute atomic E-state index is 0.0431. The van der Waals surface area contributed by atoms with E-state index in [1.807, 2.05) is 0 Å². The molecule has 0 radical (unpaired) electrons. The topological polar surface area (TPSA) is 84.0 Å². The maximum absolute atomic E-state index is 13.1. The fraction of sp³-hybridized carbons (Fsp3) is 0.125. The van der Waals surface area contributed by atoms with Crippen LogP contribution in [0.3, 0.4) is 0 Å². The van der Waals surface area contributed by atoms with Crippen LogP contribution < -0.4 is 5.73 Å². The molecule has 0 saturated heterocycles. The zero-order chi connectivity index (χ0) is 11.6. The van der Waals surface area contributed by atoms with Gasteiger partial charge in [-0.25, -0.2) is 12.8 Å². The number of nitrogens with two attached hydrogens (primary N) is 1. The Kier molecular flexibility index (Phi) is 3.29. The van der Waals surface area contributed by atoms with Crippen molar-refractivity contribution < 1.29 is 12.8 Å². The van der Waals surface area contributed by atoms with E-state index in [-0.39, 0.29) is 22.6 Å². The smallest absolute Gasteiger partial charge is 0.261 e. The van der Waals surface area contributed by atoms with Crippen LogP contribution in [0.15, 0.2) is 17.0 Å². The van der Waals surface area contributed by atoms with Crippen molar-refractivity contribution in [1.29, 1.82) is 5.26 Å². The Labute approximate surface area is 90.5 Å². The molecule has 0 heterocycles. The van der Waals surface area contributed by atoms with Crippen molar-refractivity contribution in [2.45, 2.75) is 11.4 Å². The van der Waals surface area contributed by atoms with Crippen LogP contribution in [-0.2, 0) is 15.6 Å². The third-order valence-electron chi connectivity index (χ3n) is 1.75. The number of rotatable bonds is 2. The van der Waals surface area contributed by atoms with E-state index in [1.165, 1.54) is 6.07 Å². The molecule has 0 aliphatic carbocycles. The maximum Gasteiger partial charge on any atom is 0.261 e. The Hall–Kier alpha value is -1.16. The number of benzene rings is 1. The van der Waals surface area contributed by atoms with Crippen LogP contribution in [0.1, 0.15) is 11.1 Å². The molecule has 0 amide bonds. The highest BCUT2D eigenvalue weighted by Crippen LogP contribution is 2.23. The van der Waals surface area contributed by atoms with Crippen molar-refractivity contribution in [3.05, 3.63) is 29.1 Å². The van der Waals surface area contributed by atoms with Gasteiger partial charge in [0.25, 0.3) is 9.05 Å². The highest BCUT2D eigenvalue weighted by Gasteiger charge is 2.18. The first kappa shape index (κ1) is 11.9. The fourth-order valence-corrected chi connectivity index (χ4v) is 2.21. The molecule has 0 saturated carbocycles. The van der Waals surface area contributed by atoms with Crippen LogP contribution in [0, 0.1) is 17.1 Å². The van der Waals surface area contributed by atoms with E-state index < -0.39 is 14.9 Å². The molecule has 2 N–H and O–H groups in total. The summed E-state index contributed by atoms with van der Waals surface area (Å²) in [5, 5.41) is 8.51. The lowest BCUT2D eigenvalue weighted by Gasteiger charge is -2.05. The SMILES string of the molecule is N#Cc1cc(S(=O)(=O)Cl)c(CN)cc1F. The highest BCUT2D eigenvalue weighted by atomic mass is 35.7. The van der Waals surface area contributed by atoms with E-state index in [0.29, 0.717) is 0 Å². The summed E-state index contributed by atoms with van der Waals surface area (Å²) in [6.07, 6.45) is 0. The molecule has 0 spiro atoms. The summed E-state index contributed by atoms with van der Waals surface area (Å²) >= 11 is 0. The van der Waals surface area contributed by atoms with Gasteiger partial charge in [-0.1, -0.05) is 0 Å². The van der Waals surface area contributed by atoms with Gasteiger partial charge in [0.15, 0.2) is 0 Å². The lowest BCUT2D eigenvalue weighted by molar-refractivity contribution is 0.604. The average molecular weight is 249 g/mol. The minimum atomic E-state index is -4.02. The largest absolute Gasteiger partial charge is 0.326 e. The molecular formula is C8H6ClFN2O2S. The van der Waals surface area contributed by atoms with Gasteiger partial charge in [0.2, 0.25) is 0 Å². The molecule has 15 heavy (non-hydrogen) atoms. The molecule has 0 bridgehead atoms. The highest BCUT2D eigenvalue weighted by molar-refractivity contribution is 8.13. The summed E-state index contributed by atoms with van der Waals surface area (Å²) in [7, 11) is 1.09. The van der Waals surface area contributed by atoms with Gasteiger partial charge in [-0.3, -0.25) is 0 Å². The number of nitrogens with zero attached hydrogens (tertiary/aromatic N) is 1. The molecule has 7 heteroatoms. The second kappa shape index (κ2) is 4.14. The summed E-state index contributed by atoms with van der Waals surface area (Å²) < 4.78 is 35.2. The lowest BCUT2D eigenvalue weighted by atomic mass is 10.1. The van der Waals surface area contributed by atoms with Gasteiger partial charge < -0.3 is 5.73 Å². The molecule has 4 nitrogen and oxygen atoms in total. The summed E-state index contributed by atoms with van der Waals surface area (Å²) in [6, 6.07) is 3.29. The van der Waals surface area contributed by atoms with Crippen molar-refractivity contribution >= 4 is 19.7 Å². The van der Waals surface area contributed by atoms with Gasteiger partial charge in [0.1, 0.15) is 11.9 Å². The minimum Gasteiger partial charge on any atom is -0.326 e. The Bertz CT molecular complexity index is 536. The molecule has 0 aliphatic heterocycles. The van der Waals surface area contributed by atoms with E-state index >= 15 is 0 Å². The molecular weight excluding hydrogens is 243 g/mol. The molecule has 0 unspecified atom stereocenters. The Morgan fingerprint density at radius 3 is 2.53 bits per heavy atom. The zero-order valence-corrected chi connectivity index (χ0v) is 8.94. The van der Waals surface area contributed by atoms with Gasteiger partial charge in [-0.15, -0.1) is 0 Å². The number of hydrogen-bond donors (Lipinski definition) is 1. The van der Waals surface area contributed by atoms with Gasteiger partial charge in [0.05, 0.1) is 10.5 Å². The van der Waals surface area contributed by atoms with E-state index in [1.54, 1.807) is 0 Å². The monoisotopic (exact) mass is 248 g/mol. The van der Waals surface area contributed by atoms with Crippen molar-refractivity contribution in [2.75, 3.05) is 0 Å². The molecule has 0 aliphatic rings.